The fourth-order valence-electron chi connectivity index (χ4n) is 1.44. The van der Waals surface area contributed by atoms with Crippen molar-refractivity contribution in [2.75, 3.05) is 23.8 Å². The van der Waals surface area contributed by atoms with Crippen LogP contribution in [0.4, 0.5) is 5.69 Å². The van der Waals surface area contributed by atoms with Gasteiger partial charge in [0.05, 0.1) is 12.4 Å². The molecule has 0 aliphatic carbocycles. The molecule has 0 bridgehead atoms. The summed E-state index contributed by atoms with van der Waals surface area (Å²) in [4.78, 5) is 0.881. The van der Waals surface area contributed by atoms with Gasteiger partial charge in [0, 0.05) is 22.4 Å². The van der Waals surface area contributed by atoms with Crippen molar-refractivity contribution in [2.24, 2.45) is 0 Å². The highest BCUT2D eigenvalue weighted by Crippen LogP contribution is 2.24. The summed E-state index contributed by atoms with van der Waals surface area (Å²) in [5, 5.41) is 8.98. The molecule has 108 valence electrons. The van der Waals surface area contributed by atoms with Gasteiger partial charge in [0.2, 0.25) is 10.0 Å². The van der Waals surface area contributed by atoms with E-state index >= 15 is 0 Å². The zero-order valence-electron chi connectivity index (χ0n) is 10.9. The summed E-state index contributed by atoms with van der Waals surface area (Å²) in [6.45, 7) is 1.64. The number of nitrogens with two attached hydrogens (primary N) is 1. The molecule has 0 radical (unpaired) electrons. The summed E-state index contributed by atoms with van der Waals surface area (Å²) in [5.74, 6) is 0.425. The smallest absolute Gasteiger partial charge is 0.212 e. The van der Waals surface area contributed by atoms with Crippen molar-refractivity contribution in [3.63, 3.8) is 0 Å². The maximum atomic E-state index is 11.8. The SMILES string of the molecule is CC[C@@H](CO)NS(=O)(=O)CCSc1ccccc1N. The average molecular weight is 304 g/mol. The van der Waals surface area contributed by atoms with Gasteiger partial charge in [0.1, 0.15) is 0 Å². The van der Waals surface area contributed by atoms with Crippen LogP contribution in [0.3, 0.4) is 0 Å². The van der Waals surface area contributed by atoms with Crippen LogP contribution < -0.4 is 10.5 Å². The molecular formula is C12H20N2O3S2. The molecule has 0 amide bonds. The number of sulfonamides is 1. The first-order chi connectivity index (χ1) is 8.98. The predicted molar refractivity (Wildman–Crippen MR) is 79.7 cm³/mol. The lowest BCUT2D eigenvalue weighted by molar-refractivity contribution is 0.254. The van der Waals surface area contributed by atoms with Crippen molar-refractivity contribution in [3.05, 3.63) is 24.3 Å². The van der Waals surface area contributed by atoms with Crippen molar-refractivity contribution in [2.45, 2.75) is 24.3 Å². The number of hydrogen-bond acceptors (Lipinski definition) is 5. The normalized spacial score (nSPS) is 13.4. The lowest BCUT2D eigenvalue weighted by Gasteiger charge is -2.14. The van der Waals surface area contributed by atoms with Crippen LogP contribution in [0.5, 0.6) is 0 Å². The number of aliphatic hydroxyl groups excluding tert-OH is 1. The second-order valence-electron chi connectivity index (χ2n) is 4.11. The molecule has 5 nitrogen and oxygen atoms in total. The van der Waals surface area contributed by atoms with Crippen LogP contribution >= 0.6 is 11.8 Å². The lowest BCUT2D eigenvalue weighted by Crippen LogP contribution is -2.38. The number of nitrogens with one attached hydrogen (secondary N) is 1. The van der Waals surface area contributed by atoms with Gasteiger partial charge in [-0.2, -0.15) is 0 Å². The van der Waals surface area contributed by atoms with Crippen molar-refractivity contribution >= 4 is 27.5 Å². The van der Waals surface area contributed by atoms with Gasteiger partial charge >= 0.3 is 0 Å². The van der Waals surface area contributed by atoms with Crippen LogP contribution in [0, 0.1) is 0 Å². The highest BCUT2D eigenvalue weighted by atomic mass is 32.2. The molecule has 4 N–H and O–H groups in total. The largest absolute Gasteiger partial charge is 0.398 e. The zero-order valence-corrected chi connectivity index (χ0v) is 12.5. The molecule has 0 unspecified atom stereocenters. The average Bonchev–Trinajstić information content (AvgIpc) is 2.38. The maximum Gasteiger partial charge on any atom is 0.212 e. The summed E-state index contributed by atoms with van der Waals surface area (Å²) in [5.41, 5.74) is 6.43. The van der Waals surface area contributed by atoms with Crippen molar-refractivity contribution in [3.8, 4) is 0 Å². The molecule has 1 aromatic carbocycles. The molecule has 19 heavy (non-hydrogen) atoms. The number of para-hydroxylation sites is 1. The van der Waals surface area contributed by atoms with Crippen LogP contribution in [0.15, 0.2) is 29.2 Å². The van der Waals surface area contributed by atoms with Crippen LogP contribution in [0.25, 0.3) is 0 Å². The summed E-state index contributed by atoms with van der Waals surface area (Å²) >= 11 is 1.41. The first-order valence-corrected chi connectivity index (χ1v) is 8.70. The minimum absolute atomic E-state index is 0.00248. The summed E-state index contributed by atoms with van der Waals surface area (Å²) < 4.78 is 26.0. The molecule has 1 rings (SSSR count). The minimum Gasteiger partial charge on any atom is -0.398 e. The van der Waals surface area contributed by atoms with Crippen molar-refractivity contribution in [1.29, 1.82) is 0 Å². The van der Waals surface area contributed by atoms with E-state index in [-0.39, 0.29) is 12.4 Å². The Bertz CT molecular complexity index is 488. The van der Waals surface area contributed by atoms with Gasteiger partial charge in [0.25, 0.3) is 0 Å². The first-order valence-electron chi connectivity index (χ1n) is 6.06. The van der Waals surface area contributed by atoms with Gasteiger partial charge in [-0.15, -0.1) is 11.8 Å². The van der Waals surface area contributed by atoms with Crippen LogP contribution in [0.1, 0.15) is 13.3 Å². The van der Waals surface area contributed by atoms with E-state index in [0.717, 1.165) is 4.90 Å². The Kier molecular flexibility index (Phi) is 6.64. The third-order valence-electron chi connectivity index (χ3n) is 2.59. The van der Waals surface area contributed by atoms with Gasteiger partial charge < -0.3 is 10.8 Å². The van der Waals surface area contributed by atoms with Gasteiger partial charge in [-0.1, -0.05) is 19.1 Å². The fourth-order valence-corrected chi connectivity index (χ4v) is 4.14. The Morgan fingerprint density at radius 3 is 2.68 bits per heavy atom. The van der Waals surface area contributed by atoms with Gasteiger partial charge in [-0.25, -0.2) is 13.1 Å². The number of aliphatic hydroxyl groups is 1. The van der Waals surface area contributed by atoms with Crippen molar-refractivity contribution in [1.82, 2.24) is 4.72 Å². The van der Waals surface area contributed by atoms with E-state index < -0.39 is 16.1 Å². The third kappa shape index (κ3) is 5.82. The fraction of sp³-hybridized carbons (Fsp3) is 0.500. The second-order valence-corrected chi connectivity index (χ2v) is 7.12. The molecule has 0 saturated heterocycles. The van der Waals surface area contributed by atoms with E-state index in [9.17, 15) is 8.42 Å². The van der Waals surface area contributed by atoms with Gasteiger partial charge in [-0.05, 0) is 18.6 Å². The summed E-state index contributed by atoms with van der Waals surface area (Å²) in [6, 6.07) is 6.95. The Hall–Kier alpha value is -0.760. The Balaban J connectivity index is 2.46. The van der Waals surface area contributed by atoms with E-state index in [1.807, 2.05) is 25.1 Å². The number of rotatable bonds is 8. The number of anilines is 1. The van der Waals surface area contributed by atoms with Crippen LogP contribution in [-0.2, 0) is 10.0 Å². The van der Waals surface area contributed by atoms with Crippen molar-refractivity contribution < 1.29 is 13.5 Å². The number of nitrogen functional groups attached to an aromatic ring is 1. The van der Waals surface area contributed by atoms with E-state index in [1.165, 1.54) is 11.8 Å². The Morgan fingerprint density at radius 2 is 2.11 bits per heavy atom. The molecule has 0 aromatic heterocycles. The minimum atomic E-state index is -3.36. The highest BCUT2D eigenvalue weighted by Gasteiger charge is 2.15. The molecule has 0 heterocycles. The topological polar surface area (TPSA) is 92.4 Å². The summed E-state index contributed by atoms with van der Waals surface area (Å²) in [6.07, 6.45) is 0.564. The molecule has 0 spiro atoms. The van der Waals surface area contributed by atoms with Crippen LogP contribution in [0.2, 0.25) is 0 Å². The Labute approximate surface area is 118 Å². The van der Waals surface area contributed by atoms with Gasteiger partial charge in [0.15, 0.2) is 0 Å². The maximum absolute atomic E-state index is 11.8. The first kappa shape index (κ1) is 16.3. The van der Waals surface area contributed by atoms with Crippen LogP contribution in [-0.4, -0.2) is 37.7 Å². The molecule has 7 heteroatoms. The summed E-state index contributed by atoms with van der Waals surface area (Å²) in [7, 11) is -3.36. The number of benzene rings is 1. The standard InChI is InChI=1S/C12H20N2O3S2/c1-2-10(9-15)14-19(16,17)8-7-18-12-6-4-3-5-11(12)13/h3-6,10,14-15H,2,7-9,13H2,1H3/t10-/m0/s1. The van der Waals surface area contributed by atoms with E-state index in [1.54, 1.807) is 6.07 Å². The highest BCUT2D eigenvalue weighted by molar-refractivity contribution is 8.00. The predicted octanol–water partition coefficient (Wildman–Crippen LogP) is 1.05. The molecule has 1 atom stereocenters. The van der Waals surface area contributed by atoms with Gasteiger partial charge in [-0.3, -0.25) is 0 Å². The molecule has 0 saturated carbocycles. The third-order valence-corrected chi connectivity index (χ3v) is 5.37. The molecule has 0 aliphatic rings. The van der Waals surface area contributed by atoms with E-state index in [2.05, 4.69) is 4.72 Å². The lowest BCUT2D eigenvalue weighted by atomic mass is 10.3. The Morgan fingerprint density at radius 1 is 1.42 bits per heavy atom. The van der Waals surface area contributed by atoms with E-state index in [0.29, 0.717) is 17.9 Å². The zero-order chi connectivity index (χ0) is 14.3. The molecule has 0 fully saturated rings. The second kappa shape index (κ2) is 7.74. The molecule has 0 aliphatic heterocycles. The quantitative estimate of drug-likeness (QED) is 0.493. The monoisotopic (exact) mass is 304 g/mol. The molecular weight excluding hydrogens is 284 g/mol. The number of thioether (sulfide) groups is 1. The number of hydrogen-bond donors (Lipinski definition) is 3. The van der Waals surface area contributed by atoms with E-state index in [4.69, 9.17) is 10.8 Å². The molecule has 1 aromatic rings.